The first-order chi connectivity index (χ1) is 26.1. The van der Waals surface area contributed by atoms with Gasteiger partial charge in [-0.3, -0.25) is 14.4 Å². The van der Waals surface area contributed by atoms with Crippen LogP contribution in [0.15, 0.2) is 35.1 Å². The first kappa shape index (κ1) is 40.4. The molecule has 292 valence electrons. The number of fused-ring (bicyclic) bond motifs is 5. The van der Waals surface area contributed by atoms with Gasteiger partial charge >= 0.3 is 17.9 Å². The average molecular weight is 746 g/mol. The minimum absolute atomic E-state index is 0.0305. The van der Waals surface area contributed by atoms with Gasteiger partial charge in [-0.25, -0.2) is 14.6 Å². The Labute approximate surface area is 316 Å². The molecule has 2 atom stereocenters. The molecule has 0 radical (unpaired) electrons. The van der Waals surface area contributed by atoms with E-state index < -0.39 is 47.4 Å². The number of ether oxygens (including phenoxy) is 2. The summed E-state index contributed by atoms with van der Waals surface area (Å²) >= 11 is 0. The number of nitrogens with zero attached hydrogens (tertiary/aromatic N) is 2. The monoisotopic (exact) mass is 745 g/mol. The highest BCUT2D eigenvalue weighted by Gasteiger charge is 2.50. The van der Waals surface area contributed by atoms with Crippen LogP contribution in [0, 0.1) is 0 Å². The number of hydrogen-bond donors (Lipinski definition) is 3. The molecule has 3 N–H and O–H groups in total. The predicted octanol–water partition coefficient (Wildman–Crippen LogP) is 7.56. The van der Waals surface area contributed by atoms with E-state index in [0.29, 0.717) is 35.1 Å². The number of aromatic hydroxyl groups is 1. The lowest BCUT2D eigenvalue weighted by atomic mass is 9.85. The molecule has 0 spiro atoms. The Hall–Kier alpha value is -4.74. The maximum absolute atomic E-state index is 13.8. The number of rotatable bonds is 22. The molecular formula is C42H55N3O9. The Balaban J connectivity index is 1.11. The van der Waals surface area contributed by atoms with E-state index in [9.17, 15) is 34.2 Å². The van der Waals surface area contributed by atoms with Gasteiger partial charge in [0, 0.05) is 22.9 Å². The van der Waals surface area contributed by atoms with E-state index in [0.717, 1.165) is 24.8 Å². The molecule has 2 aliphatic rings. The Kier molecular flexibility index (Phi) is 14.3. The number of phenolic OH excluding ortho intramolecular Hbond substituents is 1. The zero-order chi connectivity index (χ0) is 38.7. The lowest BCUT2D eigenvalue weighted by Crippen LogP contribution is -2.47. The lowest BCUT2D eigenvalue weighted by Gasteiger charge is -2.35. The summed E-state index contributed by atoms with van der Waals surface area (Å²) < 4.78 is 12.7. The molecule has 1 amide bonds. The number of carboxylic acid groups (broad SMARTS) is 1. The molecule has 5 rings (SSSR count). The van der Waals surface area contributed by atoms with Crippen LogP contribution in [0.4, 0.5) is 0 Å². The van der Waals surface area contributed by atoms with E-state index in [1.807, 2.05) is 6.07 Å². The van der Waals surface area contributed by atoms with Crippen LogP contribution in [0.2, 0.25) is 0 Å². The van der Waals surface area contributed by atoms with Crippen molar-refractivity contribution in [2.24, 2.45) is 0 Å². The molecule has 1 aromatic carbocycles. The normalized spacial score (nSPS) is 16.3. The van der Waals surface area contributed by atoms with E-state index in [1.165, 1.54) is 70.3 Å². The number of aromatic nitrogens is 2. The van der Waals surface area contributed by atoms with E-state index in [4.69, 9.17) is 14.5 Å². The smallest absolute Gasteiger partial charge is 0.355 e. The first-order valence-corrected chi connectivity index (χ1v) is 19.9. The number of pyridine rings is 2. The summed E-state index contributed by atoms with van der Waals surface area (Å²) in [5, 5.41) is 22.9. The van der Waals surface area contributed by atoms with E-state index >= 15 is 0 Å². The van der Waals surface area contributed by atoms with Gasteiger partial charge < -0.3 is 29.6 Å². The number of carbonyl (C=O) groups is 4. The maximum Gasteiger partial charge on any atom is 0.355 e. The molecule has 12 heteroatoms. The summed E-state index contributed by atoms with van der Waals surface area (Å²) in [5.41, 5.74) is 0.468. The van der Waals surface area contributed by atoms with Crippen molar-refractivity contribution in [3.8, 4) is 17.1 Å². The molecule has 0 saturated heterocycles. The summed E-state index contributed by atoms with van der Waals surface area (Å²) in [6.07, 6.45) is 16.2. The highest BCUT2D eigenvalue weighted by atomic mass is 16.6. The van der Waals surface area contributed by atoms with Crippen molar-refractivity contribution in [3.63, 3.8) is 0 Å². The highest BCUT2D eigenvalue weighted by molar-refractivity contribution is 5.90. The third-order valence-electron chi connectivity index (χ3n) is 10.8. The van der Waals surface area contributed by atoms with Gasteiger partial charge in [-0.05, 0) is 43.2 Å². The maximum atomic E-state index is 13.8. The van der Waals surface area contributed by atoms with E-state index in [2.05, 4.69) is 12.2 Å². The largest absolute Gasteiger partial charge is 0.508 e. The molecule has 54 heavy (non-hydrogen) atoms. The predicted molar refractivity (Wildman–Crippen MR) is 204 cm³/mol. The fourth-order valence-corrected chi connectivity index (χ4v) is 7.66. The highest BCUT2D eigenvalue weighted by Crippen LogP contribution is 2.41. The van der Waals surface area contributed by atoms with Gasteiger partial charge in [0.25, 0.3) is 5.56 Å². The van der Waals surface area contributed by atoms with Gasteiger partial charge in [0.15, 0.2) is 0 Å². The van der Waals surface area contributed by atoms with Crippen molar-refractivity contribution in [2.45, 2.75) is 154 Å². The lowest BCUT2D eigenvalue weighted by molar-refractivity contribution is -0.189. The van der Waals surface area contributed by atoms with Crippen LogP contribution in [-0.4, -0.2) is 49.6 Å². The van der Waals surface area contributed by atoms with Crippen LogP contribution < -0.4 is 10.9 Å². The fraction of sp³-hybridized carbons (Fsp3) is 0.571. The molecule has 0 fully saturated rings. The van der Waals surface area contributed by atoms with Crippen molar-refractivity contribution in [1.29, 1.82) is 0 Å². The Morgan fingerprint density at radius 3 is 2.19 bits per heavy atom. The standard InChI is InChI=1S/C42H55N3O9/c1-3-5-6-7-8-9-10-11-12-13-14-15-16-17-18-34(40(50)51)43-36(47)21-22-37(48)54-42(4-2)32-25-35-38-29(23-28-24-30(46)19-20-33(28)44-38)26-45(35)39(49)31(32)27-53-41(42)52/h19-20,23-25,34,46H,3-18,21-22,26-27H2,1-2H3,(H,43,47)(H,50,51)/t34?,42-/m0/s1. The van der Waals surface area contributed by atoms with Crippen LogP contribution in [0.1, 0.15) is 146 Å². The van der Waals surface area contributed by atoms with Gasteiger partial charge in [-0.15, -0.1) is 0 Å². The number of carbonyl (C=O) groups excluding carboxylic acids is 3. The van der Waals surface area contributed by atoms with Gasteiger partial charge in [-0.1, -0.05) is 104 Å². The van der Waals surface area contributed by atoms with Crippen LogP contribution in [0.25, 0.3) is 22.3 Å². The topological polar surface area (TPSA) is 174 Å². The summed E-state index contributed by atoms with van der Waals surface area (Å²) in [7, 11) is 0. The molecule has 3 aromatic rings. The first-order valence-electron chi connectivity index (χ1n) is 19.9. The van der Waals surface area contributed by atoms with Crippen molar-refractivity contribution in [3.05, 3.63) is 57.4 Å². The van der Waals surface area contributed by atoms with Gasteiger partial charge in [-0.2, -0.15) is 0 Å². The number of nitrogens with one attached hydrogen (secondary N) is 1. The fourth-order valence-electron chi connectivity index (χ4n) is 7.66. The third kappa shape index (κ3) is 9.67. The molecule has 2 aromatic heterocycles. The minimum Gasteiger partial charge on any atom is -0.508 e. The molecule has 2 aliphatic heterocycles. The van der Waals surface area contributed by atoms with E-state index in [-0.39, 0.29) is 42.9 Å². The minimum atomic E-state index is -1.92. The van der Waals surface area contributed by atoms with Gasteiger partial charge in [0.1, 0.15) is 18.4 Å². The number of carboxylic acids is 1. The second-order valence-corrected chi connectivity index (χ2v) is 14.8. The van der Waals surface area contributed by atoms with Crippen LogP contribution >= 0.6 is 0 Å². The Morgan fingerprint density at radius 2 is 1.56 bits per heavy atom. The van der Waals surface area contributed by atoms with Crippen molar-refractivity contribution in [2.75, 3.05) is 0 Å². The molecule has 1 unspecified atom stereocenters. The summed E-state index contributed by atoms with van der Waals surface area (Å²) in [4.78, 5) is 69.8. The molecule has 4 heterocycles. The zero-order valence-corrected chi connectivity index (χ0v) is 31.8. The van der Waals surface area contributed by atoms with Crippen molar-refractivity contribution >= 4 is 34.7 Å². The van der Waals surface area contributed by atoms with Gasteiger partial charge in [0.2, 0.25) is 11.5 Å². The molecule has 0 aliphatic carbocycles. The van der Waals surface area contributed by atoms with Gasteiger partial charge in [0.05, 0.1) is 35.4 Å². The number of benzene rings is 1. The number of esters is 2. The number of unbranched alkanes of at least 4 members (excludes halogenated alkanes) is 13. The Bertz CT molecular complexity index is 1890. The molecule has 0 saturated carbocycles. The zero-order valence-electron chi connectivity index (χ0n) is 31.8. The van der Waals surface area contributed by atoms with Crippen LogP contribution in [-0.2, 0) is 47.4 Å². The van der Waals surface area contributed by atoms with Crippen LogP contribution in [0.5, 0.6) is 5.75 Å². The summed E-state index contributed by atoms with van der Waals surface area (Å²) in [5.74, 6) is -3.33. The second-order valence-electron chi connectivity index (χ2n) is 14.8. The van der Waals surface area contributed by atoms with Crippen LogP contribution in [0.3, 0.4) is 0 Å². The number of aliphatic carboxylic acids is 1. The molecule has 0 bridgehead atoms. The number of amides is 1. The number of phenols is 1. The Morgan fingerprint density at radius 1 is 0.907 bits per heavy atom. The SMILES string of the molecule is CCCCCCCCCCCCCCCCC(NC(=O)CCC(=O)O[C@]1(CC)C(=O)OCc2c1cc1n(c2=O)Cc2cc3cc(O)ccc3nc2-1)C(=O)O. The summed E-state index contributed by atoms with van der Waals surface area (Å²) in [6, 6.07) is 7.24. The van der Waals surface area contributed by atoms with Crippen molar-refractivity contribution < 1.29 is 38.9 Å². The summed E-state index contributed by atoms with van der Waals surface area (Å²) in [6.45, 7) is 3.82. The van der Waals surface area contributed by atoms with E-state index in [1.54, 1.807) is 29.7 Å². The van der Waals surface area contributed by atoms with Crippen molar-refractivity contribution in [1.82, 2.24) is 14.9 Å². The third-order valence-corrected chi connectivity index (χ3v) is 10.8. The quantitative estimate of drug-likeness (QED) is 0.0538. The number of hydrogen-bond acceptors (Lipinski definition) is 9. The second kappa shape index (κ2) is 19.0. The molecular weight excluding hydrogens is 690 g/mol. The number of cyclic esters (lactones) is 1. The average Bonchev–Trinajstić information content (AvgIpc) is 3.51. The molecule has 12 nitrogen and oxygen atoms in total.